The second-order valence-electron chi connectivity index (χ2n) is 3.46. The second-order valence-corrected chi connectivity index (χ2v) is 4.57. The zero-order chi connectivity index (χ0) is 13.0. The first-order valence-corrected chi connectivity index (χ1v) is 5.91. The Labute approximate surface area is 108 Å². The van der Waals surface area contributed by atoms with Crippen LogP contribution in [0.3, 0.4) is 0 Å². The molecule has 0 aliphatic rings. The third-order valence-corrected chi connectivity index (χ3v) is 3.26. The van der Waals surface area contributed by atoms with E-state index < -0.39 is 5.97 Å². The molecule has 3 nitrogen and oxygen atoms in total. The minimum Gasteiger partial charge on any atom is -0.472 e. The Morgan fingerprint density at radius 1 is 1.28 bits per heavy atom. The fraction of sp³-hybridized carbons (Fsp3) is 0. The zero-order valence-electron chi connectivity index (χ0n) is 9.21. The topological polar surface area (TPSA) is 54.4 Å². The van der Waals surface area contributed by atoms with E-state index in [1.165, 1.54) is 11.3 Å². The maximum absolute atomic E-state index is 10.6. The number of carboxylic acid groups (broad SMARTS) is 1. The van der Waals surface area contributed by atoms with Crippen LogP contribution in [0.5, 0.6) is 0 Å². The van der Waals surface area contributed by atoms with Crippen LogP contribution in [0.15, 0.2) is 36.4 Å². The number of carbonyl (C=O) groups excluding carboxylic acids is 1. The van der Waals surface area contributed by atoms with Crippen LogP contribution < -0.4 is 0 Å². The van der Waals surface area contributed by atoms with Gasteiger partial charge in [-0.05, 0) is 29.8 Å². The quantitative estimate of drug-likeness (QED) is 0.664. The highest BCUT2D eigenvalue weighted by Crippen LogP contribution is 2.27. The molecule has 0 spiro atoms. The van der Waals surface area contributed by atoms with Crippen LogP contribution in [0.2, 0.25) is 0 Å². The predicted molar refractivity (Wildman–Crippen MR) is 69.7 cm³/mol. The van der Waals surface area contributed by atoms with Crippen molar-refractivity contribution in [2.24, 2.45) is 0 Å². The summed E-state index contributed by atoms with van der Waals surface area (Å²) < 4.78 is 0. The summed E-state index contributed by atoms with van der Waals surface area (Å²) in [4.78, 5) is 22.6. The molecule has 0 aliphatic heterocycles. The fourth-order valence-electron chi connectivity index (χ4n) is 1.45. The van der Waals surface area contributed by atoms with Gasteiger partial charge in [-0.15, -0.1) is 11.3 Å². The molecule has 0 unspecified atom stereocenters. The normalized spacial score (nSPS) is 9.33. The lowest BCUT2D eigenvalue weighted by molar-refractivity contribution is -0.130. The fourth-order valence-corrected chi connectivity index (χ4v) is 2.27. The summed E-state index contributed by atoms with van der Waals surface area (Å²) in [5.41, 5.74) is 1.56. The van der Waals surface area contributed by atoms with E-state index in [9.17, 15) is 9.59 Å². The first-order valence-electron chi connectivity index (χ1n) is 5.09. The van der Waals surface area contributed by atoms with E-state index in [1.54, 1.807) is 18.2 Å². The summed E-state index contributed by atoms with van der Waals surface area (Å²) in [5, 5.41) is 8.49. The smallest absolute Gasteiger partial charge is 0.382 e. The number of carboxylic acids is 1. The van der Waals surface area contributed by atoms with Crippen LogP contribution in [-0.4, -0.2) is 17.4 Å². The molecule has 1 heterocycles. The number of aliphatic carboxylic acids is 1. The summed E-state index contributed by atoms with van der Waals surface area (Å²) in [5.74, 6) is 3.48. The molecule has 0 saturated carbocycles. The average molecular weight is 256 g/mol. The molecule has 0 fully saturated rings. The molecule has 4 heteroatoms. The minimum absolute atomic E-state index is 0.635. The standard InChI is InChI=1S/C14H8O3S/c15-9-12-5-6-13(18-12)11-3-1-2-10(8-11)4-7-14(16)17/h1-3,5-6,8-9H,(H,16,17). The molecule has 1 N–H and O–H groups in total. The predicted octanol–water partition coefficient (Wildman–Crippen LogP) is 2.66. The molecule has 1 aromatic heterocycles. The van der Waals surface area contributed by atoms with Gasteiger partial charge >= 0.3 is 5.97 Å². The molecule has 0 radical (unpaired) electrons. The van der Waals surface area contributed by atoms with E-state index in [-0.39, 0.29) is 0 Å². The lowest BCUT2D eigenvalue weighted by atomic mass is 10.1. The van der Waals surface area contributed by atoms with Crippen LogP contribution >= 0.6 is 11.3 Å². The van der Waals surface area contributed by atoms with Gasteiger partial charge in [0.1, 0.15) is 0 Å². The summed E-state index contributed by atoms with van der Waals surface area (Å²) in [7, 11) is 0. The zero-order valence-corrected chi connectivity index (χ0v) is 10.0. The van der Waals surface area contributed by atoms with Crippen molar-refractivity contribution < 1.29 is 14.7 Å². The summed E-state index contributed by atoms with van der Waals surface area (Å²) >= 11 is 1.39. The lowest BCUT2D eigenvalue weighted by Gasteiger charge is -1.97. The van der Waals surface area contributed by atoms with Gasteiger partial charge in [0.25, 0.3) is 0 Å². The summed E-state index contributed by atoms with van der Waals surface area (Å²) in [6.07, 6.45) is 0.808. The molecule has 88 valence electrons. The second kappa shape index (κ2) is 5.30. The maximum Gasteiger partial charge on any atom is 0.382 e. The number of thiophene rings is 1. The van der Waals surface area contributed by atoms with Crippen LogP contribution in [0.25, 0.3) is 10.4 Å². The number of hydrogen-bond acceptors (Lipinski definition) is 3. The number of aldehydes is 1. The van der Waals surface area contributed by atoms with E-state index in [4.69, 9.17) is 5.11 Å². The Hall–Kier alpha value is -2.38. The first-order chi connectivity index (χ1) is 8.69. The minimum atomic E-state index is -1.15. The highest BCUT2D eigenvalue weighted by atomic mass is 32.1. The molecule has 0 bridgehead atoms. The summed E-state index contributed by atoms with van der Waals surface area (Å²) in [6.45, 7) is 0. The molecule has 0 saturated heterocycles. The third-order valence-electron chi connectivity index (χ3n) is 2.20. The van der Waals surface area contributed by atoms with Crippen molar-refractivity contribution >= 4 is 23.6 Å². The largest absolute Gasteiger partial charge is 0.472 e. The highest BCUT2D eigenvalue weighted by molar-refractivity contribution is 7.17. The van der Waals surface area contributed by atoms with Gasteiger partial charge in [0.2, 0.25) is 0 Å². The van der Waals surface area contributed by atoms with Crippen molar-refractivity contribution in [2.45, 2.75) is 0 Å². The van der Waals surface area contributed by atoms with E-state index in [0.717, 1.165) is 16.7 Å². The van der Waals surface area contributed by atoms with Gasteiger partial charge in [0, 0.05) is 16.4 Å². The van der Waals surface area contributed by atoms with Gasteiger partial charge in [-0.1, -0.05) is 18.1 Å². The van der Waals surface area contributed by atoms with Gasteiger partial charge in [-0.25, -0.2) is 4.79 Å². The number of benzene rings is 1. The van der Waals surface area contributed by atoms with E-state index in [1.807, 2.05) is 18.2 Å². The van der Waals surface area contributed by atoms with Crippen molar-refractivity contribution in [3.63, 3.8) is 0 Å². The van der Waals surface area contributed by atoms with E-state index in [0.29, 0.717) is 10.4 Å². The molecule has 1 aromatic carbocycles. The molecule has 0 atom stereocenters. The van der Waals surface area contributed by atoms with Gasteiger partial charge in [-0.2, -0.15) is 0 Å². The monoisotopic (exact) mass is 256 g/mol. The van der Waals surface area contributed by atoms with Gasteiger partial charge in [-0.3, -0.25) is 4.79 Å². The number of rotatable bonds is 2. The Balaban J connectivity index is 2.35. The number of carbonyl (C=O) groups is 2. The van der Waals surface area contributed by atoms with Crippen molar-refractivity contribution in [2.75, 3.05) is 0 Å². The van der Waals surface area contributed by atoms with Crippen molar-refractivity contribution in [3.05, 3.63) is 46.8 Å². The Morgan fingerprint density at radius 2 is 2.11 bits per heavy atom. The van der Waals surface area contributed by atoms with E-state index >= 15 is 0 Å². The van der Waals surface area contributed by atoms with Crippen molar-refractivity contribution in [1.82, 2.24) is 0 Å². The van der Waals surface area contributed by atoms with Crippen LogP contribution in [-0.2, 0) is 4.79 Å². The Kier molecular flexibility index (Phi) is 3.56. The maximum atomic E-state index is 10.6. The van der Waals surface area contributed by atoms with Crippen molar-refractivity contribution in [3.8, 4) is 22.3 Å². The van der Waals surface area contributed by atoms with Gasteiger partial charge in [0.05, 0.1) is 4.88 Å². The third kappa shape index (κ3) is 2.84. The summed E-state index contributed by atoms with van der Waals surface area (Å²) in [6, 6.07) is 10.9. The molecule has 2 rings (SSSR count). The molecule has 0 aliphatic carbocycles. The lowest BCUT2D eigenvalue weighted by Crippen LogP contribution is -1.87. The van der Waals surface area contributed by atoms with Crippen molar-refractivity contribution in [1.29, 1.82) is 0 Å². The molecule has 2 aromatic rings. The number of hydrogen-bond donors (Lipinski definition) is 1. The average Bonchev–Trinajstić information content (AvgIpc) is 2.85. The molecular weight excluding hydrogens is 248 g/mol. The van der Waals surface area contributed by atoms with Crippen LogP contribution in [0.1, 0.15) is 15.2 Å². The first kappa shape index (κ1) is 12.1. The molecule has 0 amide bonds. The Bertz CT molecular complexity index is 659. The Morgan fingerprint density at radius 3 is 2.78 bits per heavy atom. The van der Waals surface area contributed by atoms with Crippen LogP contribution in [0, 0.1) is 11.8 Å². The molecular formula is C14H8O3S. The highest BCUT2D eigenvalue weighted by Gasteiger charge is 2.02. The SMILES string of the molecule is O=Cc1ccc(-c2cccc(C#CC(=O)O)c2)s1. The van der Waals surface area contributed by atoms with Gasteiger partial charge in [0.15, 0.2) is 6.29 Å². The van der Waals surface area contributed by atoms with E-state index in [2.05, 4.69) is 11.8 Å². The van der Waals surface area contributed by atoms with Crippen LogP contribution in [0.4, 0.5) is 0 Å². The molecule has 18 heavy (non-hydrogen) atoms. The van der Waals surface area contributed by atoms with Gasteiger partial charge < -0.3 is 5.11 Å².